The summed E-state index contributed by atoms with van der Waals surface area (Å²) in [4.78, 5) is 27.0. The summed E-state index contributed by atoms with van der Waals surface area (Å²) >= 11 is 9.37. The fraction of sp³-hybridized carbons (Fsp3) is 0.353. The molecule has 0 unspecified atom stereocenters. The Hall–Kier alpha value is -1.90. The van der Waals surface area contributed by atoms with E-state index in [9.17, 15) is 9.59 Å². The first-order valence-corrected chi connectivity index (χ1v) is 9.42. The molecule has 26 heavy (non-hydrogen) atoms. The van der Waals surface area contributed by atoms with Crippen LogP contribution in [0.1, 0.15) is 33.7 Å². The predicted molar refractivity (Wildman–Crippen MR) is 104 cm³/mol. The Bertz CT molecular complexity index is 817. The number of hydrogen-bond acceptors (Lipinski definition) is 4. The minimum Gasteiger partial charge on any atom is -0.348 e. The number of aromatic amines is 1. The molecule has 0 atom stereocenters. The van der Waals surface area contributed by atoms with Crippen LogP contribution in [0, 0.1) is 0 Å². The van der Waals surface area contributed by atoms with Crippen molar-refractivity contribution in [1.29, 1.82) is 0 Å². The number of anilines is 1. The van der Waals surface area contributed by atoms with Gasteiger partial charge in [-0.15, -0.1) is 0 Å². The van der Waals surface area contributed by atoms with Gasteiger partial charge in [-0.3, -0.25) is 14.7 Å². The molecule has 3 N–H and O–H groups in total. The lowest BCUT2D eigenvalue weighted by molar-refractivity contribution is 0.0910. The number of hydrogen-bond donors (Lipinski definition) is 3. The van der Waals surface area contributed by atoms with E-state index in [1.165, 1.54) is 0 Å². The van der Waals surface area contributed by atoms with Crippen LogP contribution in [0.15, 0.2) is 28.7 Å². The standard InChI is InChI=1S/C17H19BrClN5O2/c1-24-8-6-10(7-9-24)20-17(26)14-13(18)15(23-22-14)21-16(25)11-4-2-3-5-12(11)19/h2-5,10H,6-9H2,1H3,(H,20,26)(H2,21,22,23,25). The number of benzene rings is 1. The van der Waals surface area contributed by atoms with Gasteiger partial charge < -0.3 is 15.5 Å². The van der Waals surface area contributed by atoms with Crippen molar-refractivity contribution < 1.29 is 9.59 Å². The van der Waals surface area contributed by atoms with Gasteiger partial charge in [0.05, 0.1) is 15.1 Å². The van der Waals surface area contributed by atoms with Crippen molar-refractivity contribution in [2.75, 3.05) is 25.5 Å². The number of H-pyrrole nitrogens is 1. The van der Waals surface area contributed by atoms with Crippen LogP contribution < -0.4 is 10.6 Å². The first-order chi connectivity index (χ1) is 12.5. The van der Waals surface area contributed by atoms with Gasteiger partial charge in [-0.2, -0.15) is 5.10 Å². The van der Waals surface area contributed by atoms with Crippen LogP contribution in [0.2, 0.25) is 5.02 Å². The first kappa shape index (κ1) is 18.9. The van der Waals surface area contributed by atoms with E-state index in [1.54, 1.807) is 24.3 Å². The van der Waals surface area contributed by atoms with E-state index in [0.29, 0.717) is 20.9 Å². The number of nitrogens with one attached hydrogen (secondary N) is 3. The van der Waals surface area contributed by atoms with E-state index in [1.807, 2.05) is 0 Å². The summed E-state index contributed by atoms with van der Waals surface area (Å²) in [6.07, 6.45) is 1.81. The summed E-state index contributed by atoms with van der Waals surface area (Å²) in [7, 11) is 2.07. The van der Waals surface area contributed by atoms with Crippen molar-refractivity contribution >= 4 is 45.2 Å². The molecule has 3 rings (SSSR count). The Morgan fingerprint density at radius 1 is 1.27 bits per heavy atom. The molecule has 0 aliphatic carbocycles. The Kier molecular flexibility index (Phi) is 5.95. The highest BCUT2D eigenvalue weighted by Gasteiger charge is 2.24. The minimum absolute atomic E-state index is 0.128. The summed E-state index contributed by atoms with van der Waals surface area (Å²) in [5.74, 6) is -0.355. The maximum Gasteiger partial charge on any atom is 0.273 e. The number of carbonyl (C=O) groups is 2. The lowest BCUT2D eigenvalue weighted by Gasteiger charge is -2.29. The summed E-state index contributed by atoms with van der Waals surface area (Å²) in [6, 6.07) is 6.86. The van der Waals surface area contributed by atoms with Gasteiger partial charge in [0.25, 0.3) is 11.8 Å². The van der Waals surface area contributed by atoms with Gasteiger partial charge in [-0.25, -0.2) is 0 Å². The van der Waals surface area contributed by atoms with Crippen LogP contribution >= 0.6 is 27.5 Å². The SMILES string of the molecule is CN1CCC(NC(=O)c2n[nH]c(NC(=O)c3ccccc3Cl)c2Br)CC1. The van der Waals surface area contributed by atoms with Crippen LogP contribution in [-0.2, 0) is 0 Å². The van der Waals surface area contributed by atoms with Gasteiger partial charge in [0.2, 0.25) is 0 Å². The fourth-order valence-corrected chi connectivity index (χ4v) is 3.47. The number of rotatable bonds is 4. The number of aromatic nitrogens is 2. The van der Waals surface area contributed by atoms with Crippen molar-refractivity contribution in [3.63, 3.8) is 0 Å². The quantitative estimate of drug-likeness (QED) is 0.682. The topological polar surface area (TPSA) is 90.1 Å². The van der Waals surface area contributed by atoms with E-state index in [2.05, 4.69) is 48.7 Å². The van der Waals surface area contributed by atoms with Crippen LogP contribution in [-0.4, -0.2) is 53.1 Å². The average Bonchev–Trinajstić information content (AvgIpc) is 2.98. The molecule has 1 aromatic heterocycles. The largest absolute Gasteiger partial charge is 0.348 e. The summed E-state index contributed by atoms with van der Waals surface area (Å²) < 4.78 is 0.406. The monoisotopic (exact) mass is 439 g/mol. The molecule has 138 valence electrons. The van der Waals surface area contributed by atoms with Crippen molar-refractivity contribution in [2.45, 2.75) is 18.9 Å². The molecule has 2 amide bonds. The molecular formula is C17H19BrClN5O2. The lowest BCUT2D eigenvalue weighted by atomic mass is 10.1. The highest BCUT2D eigenvalue weighted by atomic mass is 79.9. The molecule has 1 saturated heterocycles. The molecule has 0 saturated carbocycles. The molecule has 1 aromatic carbocycles. The van der Waals surface area contributed by atoms with Gasteiger partial charge >= 0.3 is 0 Å². The summed E-state index contributed by atoms with van der Waals surface area (Å²) in [6.45, 7) is 1.90. The van der Waals surface area contributed by atoms with Crippen molar-refractivity contribution in [1.82, 2.24) is 20.4 Å². The number of amides is 2. The first-order valence-electron chi connectivity index (χ1n) is 8.25. The van der Waals surface area contributed by atoms with Gasteiger partial charge in [-0.1, -0.05) is 23.7 Å². The van der Waals surface area contributed by atoms with Crippen LogP contribution in [0.3, 0.4) is 0 Å². The van der Waals surface area contributed by atoms with Crippen molar-refractivity contribution in [2.24, 2.45) is 0 Å². The van der Waals surface area contributed by atoms with Crippen LogP contribution in [0.4, 0.5) is 5.82 Å². The van der Waals surface area contributed by atoms with E-state index in [4.69, 9.17) is 11.6 Å². The third kappa shape index (κ3) is 4.25. The van der Waals surface area contributed by atoms with E-state index < -0.39 is 0 Å². The summed E-state index contributed by atoms with van der Waals surface area (Å²) in [5, 5.41) is 12.7. The van der Waals surface area contributed by atoms with Gasteiger partial charge in [0, 0.05) is 6.04 Å². The molecule has 1 aliphatic rings. The highest BCUT2D eigenvalue weighted by Crippen LogP contribution is 2.25. The average molecular weight is 441 g/mol. The molecule has 2 heterocycles. The molecule has 7 nitrogen and oxygen atoms in total. The minimum atomic E-state index is -0.387. The molecule has 1 fully saturated rings. The van der Waals surface area contributed by atoms with Crippen LogP contribution in [0.5, 0.6) is 0 Å². The Labute approximate surface area is 164 Å². The van der Waals surface area contributed by atoms with Gasteiger partial charge in [-0.05, 0) is 61.0 Å². The zero-order chi connectivity index (χ0) is 18.7. The predicted octanol–water partition coefficient (Wildman–Crippen LogP) is 2.90. The Morgan fingerprint density at radius 3 is 2.65 bits per heavy atom. The fourth-order valence-electron chi connectivity index (χ4n) is 2.79. The molecule has 1 aliphatic heterocycles. The van der Waals surface area contributed by atoms with Gasteiger partial charge in [0.1, 0.15) is 5.82 Å². The maximum absolute atomic E-state index is 12.5. The zero-order valence-corrected chi connectivity index (χ0v) is 16.5. The van der Waals surface area contributed by atoms with E-state index in [-0.39, 0.29) is 23.6 Å². The maximum atomic E-state index is 12.5. The Morgan fingerprint density at radius 2 is 1.96 bits per heavy atom. The number of nitrogens with zero attached hydrogens (tertiary/aromatic N) is 2. The summed E-state index contributed by atoms with van der Waals surface area (Å²) in [5.41, 5.74) is 0.548. The van der Waals surface area contributed by atoms with Gasteiger partial charge in [0.15, 0.2) is 5.69 Å². The number of likely N-dealkylation sites (tertiary alicyclic amines) is 1. The van der Waals surface area contributed by atoms with Crippen molar-refractivity contribution in [3.8, 4) is 0 Å². The molecule has 0 spiro atoms. The smallest absolute Gasteiger partial charge is 0.273 e. The molecule has 0 radical (unpaired) electrons. The zero-order valence-electron chi connectivity index (χ0n) is 14.2. The Balaban J connectivity index is 1.67. The highest BCUT2D eigenvalue weighted by molar-refractivity contribution is 9.10. The second kappa shape index (κ2) is 8.20. The molecule has 2 aromatic rings. The normalized spacial score (nSPS) is 15.7. The lowest BCUT2D eigenvalue weighted by Crippen LogP contribution is -2.43. The number of carbonyl (C=O) groups excluding carboxylic acids is 2. The second-order valence-corrected chi connectivity index (χ2v) is 7.45. The van der Waals surface area contributed by atoms with Crippen molar-refractivity contribution in [3.05, 3.63) is 45.0 Å². The van der Waals surface area contributed by atoms with E-state index >= 15 is 0 Å². The molecule has 9 heteroatoms. The molecule has 0 bridgehead atoms. The second-order valence-electron chi connectivity index (χ2n) is 6.25. The third-order valence-electron chi connectivity index (χ3n) is 4.33. The third-order valence-corrected chi connectivity index (χ3v) is 5.43. The van der Waals surface area contributed by atoms with E-state index in [0.717, 1.165) is 25.9 Å². The number of piperidine rings is 1. The number of halogens is 2. The molecular weight excluding hydrogens is 422 g/mol. The van der Waals surface area contributed by atoms with Crippen LogP contribution in [0.25, 0.3) is 0 Å².